The third-order valence-electron chi connectivity index (χ3n) is 2.34. The summed E-state index contributed by atoms with van der Waals surface area (Å²) in [5.41, 5.74) is -0.604. The van der Waals surface area contributed by atoms with Gasteiger partial charge in [-0.1, -0.05) is 78.8 Å². The maximum absolute atomic E-state index is 12.1. The van der Waals surface area contributed by atoms with Crippen LogP contribution in [-0.2, 0) is 4.79 Å². The molecule has 2 nitrogen and oxygen atoms in total. The summed E-state index contributed by atoms with van der Waals surface area (Å²) in [7, 11) is 0. The molecule has 0 saturated carbocycles. The van der Waals surface area contributed by atoms with E-state index < -0.39 is 10.4 Å². The van der Waals surface area contributed by atoms with Gasteiger partial charge in [0.05, 0.1) is 15.1 Å². The zero-order chi connectivity index (χ0) is 15.8. The maximum atomic E-state index is 12.1. The summed E-state index contributed by atoms with van der Waals surface area (Å²) in [6.45, 7) is 5.29. The summed E-state index contributed by atoms with van der Waals surface area (Å²) in [6, 6.07) is 0. The number of carbonyl (C=O) groups is 1. The highest BCUT2D eigenvalue weighted by Gasteiger charge is 2.31. The van der Waals surface area contributed by atoms with Gasteiger partial charge in [-0.25, -0.2) is 0 Å². The van der Waals surface area contributed by atoms with E-state index in [0.717, 1.165) is 0 Å². The van der Waals surface area contributed by atoms with Crippen LogP contribution in [0.2, 0.25) is 25.1 Å². The van der Waals surface area contributed by atoms with Crippen LogP contribution in [0.1, 0.15) is 20.8 Å². The van der Waals surface area contributed by atoms with Crippen molar-refractivity contribution in [3.8, 4) is 5.75 Å². The number of rotatable bonds is 3. The first kappa shape index (κ1) is 18.7. The number of carbonyl (C=O) groups excluding carboxylic acids is 1. The van der Waals surface area contributed by atoms with Crippen LogP contribution >= 0.6 is 73.9 Å². The van der Waals surface area contributed by atoms with E-state index in [2.05, 4.69) is 15.9 Å². The molecule has 1 atom stereocenters. The summed E-state index contributed by atoms with van der Waals surface area (Å²) in [5.74, 6) is -0.181. The van der Waals surface area contributed by atoms with Crippen LogP contribution in [0.25, 0.3) is 0 Å². The molecule has 0 N–H and O–H groups in total. The topological polar surface area (TPSA) is 26.3 Å². The van der Waals surface area contributed by atoms with Gasteiger partial charge in [0, 0.05) is 5.41 Å². The van der Waals surface area contributed by atoms with Gasteiger partial charge >= 0.3 is 0 Å². The third-order valence-corrected chi connectivity index (χ3v) is 5.18. The molecule has 1 aromatic carbocycles. The van der Waals surface area contributed by atoms with E-state index in [0.29, 0.717) is 0 Å². The second kappa shape index (κ2) is 6.80. The van der Waals surface area contributed by atoms with Crippen molar-refractivity contribution in [1.82, 2.24) is 0 Å². The van der Waals surface area contributed by atoms with E-state index in [1.165, 1.54) is 0 Å². The molecule has 8 heteroatoms. The van der Waals surface area contributed by atoms with Crippen molar-refractivity contribution in [2.45, 2.75) is 25.8 Å². The van der Waals surface area contributed by atoms with Crippen molar-refractivity contribution in [2.75, 3.05) is 0 Å². The number of benzene rings is 1. The normalized spacial score (nSPS) is 13.2. The molecule has 0 amide bonds. The van der Waals surface area contributed by atoms with Gasteiger partial charge in [0.25, 0.3) is 0 Å². The molecular weight excluding hydrogens is 433 g/mol. The molecule has 1 unspecified atom stereocenters. The van der Waals surface area contributed by atoms with Crippen molar-refractivity contribution < 1.29 is 9.53 Å². The number of Topliss-reactive ketones (excluding diaryl/α,β-unsaturated/α-hetero) is 1. The molecule has 0 saturated heterocycles. The van der Waals surface area contributed by atoms with Crippen LogP contribution in [0, 0.1) is 5.41 Å². The number of halogens is 6. The van der Waals surface area contributed by atoms with Gasteiger partial charge in [0.15, 0.2) is 11.5 Å². The number of hydrogen-bond acceptors (Lipinski definition) is 2. The Morgan fingerprint density at radius 1 is 0.950 bits per heavy atom. The Morgan fingerprint density at radius 3 is 1.65 bits per heavy atom. The molecule has 0 aliphatic rings. The average Bonchev–Trinajstić information content (AvgIpc) is 2.36. The summed E-state index contributed by atoms with van der Waals surface area (Å²) in [4.78, 5) is 12.1. The Kier molecular flexibility index (Phi) is 6.35. The smallest absolute Gasteiger partial charge is 0.211 e. The van der Waals surface area contributed by atoms with Crippen LogP contribution in [0.15, 0.2) is 0 Å². The number of alkyl halides is 1. The third kappa shape index (κ3) is 3.88. The minimum Gasteiger partial charge on any atom is -0.468 e. The first-order valence-corrected chi connectivity index (χ1v) is 8.15. The molecule has 0 radical (unpaired) electrons. The van der Waals surface area contributed by atoms with Crippen molar-refractivity contribution in [1.29, 1.82) is 0 Å². The lowest BCUT2D eigenvalue weighted by Crippen LogP contribution is -2.32. The van der Waals surface area contributed by atoms with E-state index in [9.17, 15) is 4.79 Å². The van der Waals surface area contributed by atoms with Crippen LogP contribution in [0.5, 0.6) is 5.75 Å². The SMILES string of the molecule is CC(C)(C)C(=O)C(Br)Oc1c(Cl)c(Cl)c(Cl)c(Cl)c1Cl. The maximum Gasteiger partial charge on any atom is 0.211 e. The Morgan fingerprint density at radius 2 is 1.30 bits per heavy atom. The molecule has 0 heterocycles. The van der Waals surface area contributed by atoms with E-state index >= 15 is 0 Å². The minimum absolute atomic E-state index is 0.00257. The lowest BCUT2D eigenvalue weighted by atomic mass is 9.91. The van der Waals surface area contributed by atoms with Crippen LogP contribution < -0.4 is 4.74 Å². The zero-order valence-electron chi connectivity index (χ0n) is 10.7. The van der Waals surface area contributed by atoms with Gasteiger partial charge in [-0.15, -0.1) is 0 Å². The lowest BCUT2D eigenvalue weighted by Gasteiger charge is -2.22. The first-order valence-electron chi connectivity index (χ1n) is 5.35. The average molecular weight is 443 g/mol. The summed E-state index contributed by atoms with van der Waals surface area (Å²) in [5, 5.41) is -0.884. The summed E-state index contributed by atoms with van der Waals surface area (Å²) < 4.78 is 5.46. The van der Waals surface area contributed by atoms with Gasteiger partial charge < -0.3 is 4.74 Å². The number of ketones is 1. The number of hydrogen-bond donors (Lipinski definition) is 0. The Balaban J connectivity index is 3.20. The molecular formula is C12H10BrCl5O2. The fourth-order valence-corrected chi connectivity index (χ4v) is 3.27. The molecule has 112 valence electrons. The Bertz CT molecular complexity index is 525. The zero-order valence-corrected chi connectivity index (χ0v) is 16.0. The Labute approximate surface area is 150 Å². The molecule has 0 fully saturated rings. The molecule has 0 bridgehead atoms. The molecule has 1 aromatic rings. The highest BCUT2D eigenvalue weighted by molar-refractivity contribution is 9.09. The summed E-state index contributed by atoms with van der Waals surface area (Å²) in [6.07, 6.45) is 0. The van der Waals surface area contributed by atoms with Crippen molar-refractivity contribution in [2.24, 2.45) is 5.41 Å². The van der Waals surface area contributed by atoms with Crippen molar-refractivity contribution in [3.05, 3.63) is 25.1 Å². The minimum atomic E-state index is -0.939. The highest BCUT2D eigenvalue weighted by Crippen LogP contribution is 2.48. The quantitative estimate of drug-likeness (QED) is 0.296. The predicted molar refractivity (Wildman–Crippen MR) is 89.3 cm³/mol. The second-order valence-electron chi connectivity index (χ2n) is 4.95. The standard InChI is InChI=1S/C12H10BrCl5O2/c1-12(2,3)10(19)11(13)20-9-7(17)5(15)4(14)6(16)8(9)18/h11H,1-3H3. The van der Waals surface area contributed by atoms with E-state index in [1.54, 1.807) is 20.8 Å². The lowest BCUT2D eigenvalue weighted by molar-refractivity contribution is -0.129. The van der Waals surface area contributed by atoms with Crippen LogP contribution in [-0.4, -0.2) is 10.8 Å². The van der Waals surface area contributed by atoms with E-state index in [1.807, 2.05) is 0 Å². The monoisotopic (exact) mass is 440 g/mol. The van der Waals surface area contributed by atoms with E-state index in [4.69, 9.17) is 62.7 Å². The summed E-state index contributed by atoms with van der Waals surface area (Å²) >= 11 is 32.9. The number of ether oxygens (including phenoxy) is 1. The van der Waals surface area contributed by atoms with Crippen molar-refractivity contribution >= 4 is 79.7 Å². The first-order chi connectivity index (χ1) is 8.98. The molecule has 1 rings (SSSR count). The molecule has 0 aliphatic carbocycles. The van der Waals surface area contributed by atoms with E-state index in [-0.39, 0.29) is 36.6 Å². The molecule has 0 aromatic heterocycles. The fraction of sp³-hybridized carbons (Fsp3) is 0.417. The molecule has 0 aliphatic heterocycles. The van der Waals surface area contributed by atoms with Crippen LogP contribution in [0.4, 0.5) is 0 Å². The van der Waals surface area contributed by atoms with Gasteiger partial charge in [-0.2, -0.15) is 0 Å². The van der Waals surface area contributed by atoms with Gasteiger partial charge in [-0.3, -0.25) is 4.79 Å². The molecule has 0 spiro atoms. The second-order valence-corrected chi connectivity index (χ2v) is 7.67. The largest absolute Gasteiger partial charge is 0.468 e. The van der Waals surface area contributed by atoms with Gasteiger partial charge in [-0.05, 0) is 15.9 Å². The van der Waals surface area contributed by atoms with Crippen LogP contribution in [0.3, 0.4) is 0 Å². The Hall–Kier alpha value is 0.620. The predicted octanol–water partition coefficient (Wildman–Crippen LogP) is 6.67. The fourth-order valence-electron chi connectivity index (χ4n) is 1.19. The van der Waals surface area contributed by atoms with Gasteiger partial charge in [0.1, 0.15) is 10.0 Å². The van der Waals surface area contributed by atoms with Gasteiger partial charge in [0.2, 0.25) is 5.01 Å². The van der Waals surface area contributed by atoms with Crippen molar-refractivity contribution in [3.63, 3.8) is 0 Å². The molecule has 20 heavy (non-hydrogen) atoms. The highest BCUT2D eigenvalue weighted by atomic mass is 79.9.